The minimum Gasteiger partial charge on any atom is -0.382 e. The molecule has 1 aromatic carbocycles. The Morgan fingerprint density at radius 1 is 1.65 bits per heavy atom. The topological polar surface area (TPSA) is 98.0 Å². The van der Waals surface area contributed by atoms with Gasteiger partial charge in [0.15, 0.2) is 5.84 Å². The maximum atomic E-state index is 13.2. The zero-order valence-corrected chi connectivity index (χ0v) is 11.0. The van der Waals surface area contributed by atoms with E-state index in [-0.39, 0.29) is 11.5 Å². The molecule has 17 heavy (non-hydrogen) atoms. The zero-order valence-electron chi connectivity index (χ0n) is 8.88. The molecule has 0 heterocycles. The predicted molar refractivity (Wildman–Crippen MR) is 72.4 cm³/mol. The third-order valence-electron chi connectivity index (χ3n) is 1.97. The second-order valence-electron chi connectivity index (χ2n) is 3.13. The van der Waals surface area contributed by atoms with Crippen LogP contribution in [0.1, 0.15) is 5.56 Å². The number of nitrogens with two attached hydrogens (primary N) is 1. The average Bonchev–Trinajstić information content (AvgIpc) is 2.29. The van der Waals surface area contributed by atoms with E-state index in [0.717, 1.165) is 0 Å². The van der Waals surface area contributed by atoms with E-state index in [9.17, 15) is 4.39 Å². The Labute approximate surface area is 111 Å². The van der Waals surface area contributed by atoms with Crippen molar-refractivity contribution in [3.05, 3.63) is 27.1 Å². The Balaban J connectivity index is 3.02. The molecule has 0 spiro atoms. The van der Waals surface area contributed by atoms with Crippen LogP contribution in [0.15, 0.2) is 17.2 Å². The number of nitrogens with zero attached hydrogens (tertiary/aromatic N) is 2. The van der Waals surface area contributed by atoms with E-state index in [1.54, 1.807) is 13.0 Å². The largest absolute Gasteiger partial charge is 0.382 e. The number of halogens is 2. The van der Waals surface area contributed by atoms with Gasteiger partial charge in [0.1, 0.15) is 11.9 Å². The van der Waals surface area contributed by atoms with Crippen molar-refractivity contribution in [1.29, 1.82) is 10.7 Å². The van der Waals surface area contributed by atoms with Crippen molar-refractivity contribution >= 4 is 39.8 Å². The van der Waals surface area contributed by atoms with Gasteiger partial charge in [0, 0.05) is 9.13 Å². The molecule has 0 aromatic heterocycles. The fraction of sp³-hybridized carbons (Fsp3) is 0.100. The van der Waals surface area contributed by atoms with Crippen molar-refractivity contribution in [2.45, 2.75) is 6.92 Å². The van der Waals surface area contributed by atoms with E-state index < -0.39 is 5.84 Å². The van der Waals surface area contributed by atoms with Crippen LogP contribution in [0, 0.1) is 33.1 Å². The van der Waals surface area contributed by atoms with Gasteiger partial charge in [-0.05, 0) is 41.6 Å². The summed E-state index contributed by atoms with van der Waals surface area (Å²) >= 11 is 1.97. The maximum absolute atomic E-state index is 13.2. The summed E-state index contributed by atoms with van der Waals surface area (Å²) in [6.07, 6.45) is 0. The van der Waals surface area contributed by atoms with Gasteiger partial charge in [-0.3, -0.25) is 10.8 Å². The molecule has 0 amide bonds. The molecule has 1 rings (SSSR count). The molecule has 7 heteroatoms. The number of hydrazone groups is 1. The Morgan fingerprint density at radius 2 is 2.29 bits per heavy atom. The number of benzene rings is 1. The number of anilines is 1. The number of nitrogens with one attached hydrogen (secondary N) is 2. The summed E-state index contributed by atoms with van der Waals surface area (Å²) in [7, 11) is 0. The molecule has 1 aromatic rings. The zero-order chi connectivity index (χ0) is 13.0. The summed E-state index contributed by atoms with van der Waals surface area (Å²) in [6.45, 7) is 1.64. The summed E-state index contributed by atoms with van der Waals surface area (Å²) in [6, 6.07) is 4.48. The smallest absolute Gasteiger partial charge is 0.201 e. The molecule has 5 nitrogen and oxygen atoms in total. The van der Waals surface area contributed by atoms with Crippen LogP contribution in [0.2, 0.25) is 0 Å². The maximum Gasteiger partial charge on any atom is 0.201 e. The van der Waals surface area contributed by atoms with Crippen molar-refractivity contribution < 1.29 is 4.39 Å². The number of nitriles is 1. The van der Waals surface area contributed by atoms with Crippen LogP contribution < -0.4 is 11.2 Å². The van der Waals surface area contributed by atoms with E-state index in [1.807, 2.05) is 22.6 Å². The van der Waals surface area contributed by atoms with Crippen molar-refractivity contribution in [2.24, 2.45) is 10.8 Å². The van der Waals surface area contributed by atoms with Crippen LogP contribution >= 0.6 is 22.6 Å². The minimum absolute atomic E-state index is 0.220. The average molecular weight is 345 g/mol. The Morgan fingerprint density at radius 3 is 2.82 bits per heavy atom. The van der Waals surface area contributed by atoms with Crippen LogP contribution in [0.25, 0.3) is 0 Å². The van der Waals surface area contributed by atoms with Crippen molar-refractivity contribution in [1.82, 2.24) is 0 Å². The quantitative estimate of drug-likeness (QED) is 0.338. The summed E-state index contributed by atoms with van der Waals surface area (Å²) in [4.78, 5) is 0. The highest BCUT2D eigenvalue weighted by atomic mass is 127. The summed E-state index contributed by atoms with van der Waals surface area (Å²) < 4.78 is 13.8. The van der Waals surface area contributed by atoms with Crippen LogP contribution in [0.4, 0.5) is 10.1 Å². The first-order valence-corrected chi connectivity index (χ1v) is 5.58. The highest BCUT2D eigenvalue weighted by Crippen LogP contribution is 2.23. The summed E-state index contributed by atoms with van der Waals surface area (Å²) in [5.41, 5.74) is 8.54. The number of rotatable bonds is 3. The van der Waals surface area contributed by atoms with Crippen molar-refractivity contribution in [2.75, 3.05) is 5.43 Å². The van der Waals surface area contributed by atoms with E-state index in [0.29, 0.717) is 14.8 Å². The SMILES string of the molecule is Cc1c(F)ccc(N/N=C(\C#N)C(=N)N)c1I. The van der Waals surface area contributed by atoms with Crippen molar-refractivity contribution in [3.8, 4) is 6.07 Å². The fourth-order valence-corrected chi connectivity index (χ4v) is 1.57. The van der Waals surface area contributed by atoms with Gasteiger partial charge in [-0.25, -0.2) is 4.39 Å². The van der Waals surface area contributed by atoms with Gasteiger partial charge in [-0.1, -0.05) is 0 Å². The molecule has 0 saturated heterocycles. The third kappa shape index (κ3) is 3.13. The van der Waals surface area contributed by atoms with E-state index in [1.165, 1.54) is 12.1 Å². The van der Waals surface area contributed by atoms with Gasteiger partial charge in [-0.15, -0.1) is 0 Å². The lowest BCUT2D eigenvalue weighted by Gasteiger charge is -2.07. The molecule has 0 aliphatic rings. The van der Waals surface area contributed by atoms with Crippen molar-refractivity contribution in [3.63, 3.8) is 0 Å². The van der Waals surface area contributed by atoms with Gasteiger partial charge >= 0.3 is 0 Å². The van der Waals surface area contributed by atoms with Gasteiger partial charge in [-0.2, -0.15) is 10.4 Å². The lowest BCUT2D eigenvalue weighted by molar-refractivity contribution is 0.617. The van der Waals surface area contributed by atoms with Gasteiger partial charge in [0.25, 0.3) is 0 Å². The number of amidine groups is 1. The second-order valence-corrected chi connectivity index (χ2v) is 4.21. The van der Waals surface area contributed by atoms with E-state index in [2.05, 4.69) is 10.5 Å². The van der Waals surface area contributed by atoms with Crippen LogP contribution in [-0.2, 0) is 0 Å². The lowest BCUT2D eigenvalue weighted by Crippen LogP contribution is -2.22. The molecule has 0 aliphatic carbocycles. The number of hydrogen-bond acceptors (Lipinski definition) is 4. The molecule has 0 saturated carbocycles. The highest BCUT2D eigenvalue weighted by molar-refractivity contribution is 14.1. The van der Waals surface area contributed by atoms with Crippen LogP contribution in [-0.4, -0.2) is 11.5 Å². The molecule has 88 valence electrons. The van der Waals surface area contributed by atoms with Crippen LogP contribution in [0.3, 0.4) is 0 Å². The molecule has 0 aliphatic heterocycles. The molecular formula is C10H9FIN5. The molecule has 0 atom stereocenters. The highest BCUT2D eigenvalue weighted by Gasteiger charge is 2.07. The van der Waals surface area contributed by atoms with E-state index >= 15 is 0 Å². The first-order valence-electron chi connectivity index (χ1n) is 4.50. The predicted octanol–water partition coefficient (Wildman–Crippen LogP) is 1.97. The monoisotopic (exact) mass is 345 g/mol. The standard InChI is InChI=1S/C10H9FIN5/c1-5-6(11)2-3-7(9(5)12)16-17-8(4-13)10(14)15/h2-3,16H,1H3,(H3,14,15)/b17-8+. The second kappa shape index (κ2) is 5.58. The molecule has 4 N–H and O–H groups in total. The molecule has 0 fully saturated rings. The Kier molecular flexibility index (Phi) is 4.39. The molecule has 0 bridgehead atoms. The van der Waals surface area contributed by atoms with Crippen LogP contribution in [0.5, 0.6) is 0 Å². The van der Waals surface area contributed by atoms with Gasteiger partial charge in [0.2, 0.25) is 5.71 Å². The summed E-state index contributed by atoms with van der Waals surface area (Å²) in [5, 5.41) is 19.4. The van der Waals surface area contributed by atoms with E-state index in [4.69, 9.17) is 16.4 Å². The van der Waals surface area contributed by atoms with Gasteiger partial charge < -0.3 is 5.73 Å². The lowest BCUT2D eigenvalue weighted by atomic mass is 10.2. The van der Waals surface area contributed by atoms with Gasteiger partial charge in [0.05, 0.1) is 5.69 Å². The normalized spacial score (nSPS) is 10.8. The minimum atomic E-state index is -0.422. The number of hydrogen-bond donors (Lipinski definition) is 3. The first-order chi connectivity index (χ1) is 7.97. The molecule has 0 radical (unpaired) electrons. The Hall–Kier alpha value is -1.69. The first kappa shape index (κ1) is 13.4. The fourth-order valence-electron chi connectivity index (χ4n) is 1.01. The third-order valence-corrected chi connectivity index (χ3v) is 3.36. The Bertz CT molecular complexity index is 532. The summed E-state index contributed by atoms with van der Waals surface area (Å²) in [5.74, 6) is -0.732. The molecular weight excluding hydrogens is 336 g/mol. The molecule has 0 unspecified atom stereocenters.